The molecule has 0 aromatic heterocycles. The standard InChI is InChI=1S/C15H22N2O2S/c1-11(15(18)17-16)13-6-4-12(5-7-13)9-20-10-14-3-2-8-19-14/h4-7,11,14H,2-3,8-10,16H2,1H3,(H,17,18). The minimum absolute atomic E-state index is 0.162. The van der Waals surface area contributed by atoms with Crippen molar-refractivity contribution in [2.24, 2.45) is 5.84 Å². The molecule has 110 valence electrons. The molecule has 5 heteroatoms. The zero-order chi connectivity index (χ0) is 14.4. The lowest BCUT2D eigenvalue weighted by Gasteiger charge is -2.11. The summed E-state index contributed by atoms with van der Waals surface area (Å²) in [7, 11) is 0. The largest absolute Gasteiger partial charge is 0.377 e. The van der Waals surface area contributed by atoms with E-state index in [1.165, 1.54) is 18.4 Å². The number of benzene rings is 1. The Morgan fingerprint density at radius 3 is 2.85 bits per heavy atom. The van der Waals surface area contributed by atoms with Crippen molar-refractivity contribution >= 4 is 17.7 Å². The fraction of sp³-hybridized carbons (Fsp3) is 0.533. The van der Waals surface area contributed by atoms with E-state index in [-0.39, 0.29) is 11.8 Å². The van der Waals surface area contributed by atoms with Gasteiger partial charge in [0.05, 0.1) is 12.0 Å². The Labute approximate surface area is 124 Å². The highest BCUT2D eigenvalue weighted by molar-refractivity contribution is 7.98. The minimum atomic E-state index is -0.214. The Balaban J connectivity index is 1.80. The average Bonchev–Trinajstić information content (AvgIpc) is 2.99. The van der Waals surface area contributed by atoms with Gasteiger partial charge < -0.3 is 4.74 Å². The highest BCUT2D eigenvalue weighted by atomic mass is 32.2. The van der Waals surface area contributed by atoms with Gasteiger partial charge in [0.1, 0.15) is 0 Å². The predicted octanol–water partition coefficient (Wildman–Crippen LogP) is 2.19. The molecule has 1 saturated heterocycles. The second kappa shape index (κ2) is 7.67. The Kier molecular flexibility index (Phi) is 5.88. The minimum Gasteiger partial charge on any atom is -0.377 e. The Morgan fingerprint density at radius 2 is 2.25 bits per heavy atom. The number of nitrogens with two attached hydrogens (primary N) is 1. The molecule has 1 aliphatic heterocycles. The van der Waals surface area contributed by atoms with E-state index in [0.717, 1.165) is 23.7 Å². The first kappa shape index (κ1) is 15.4. The number of hydrogen-bond acceptors (Lipinski definition) is 4. The number of ether oxygens (including phenoxy) is 1. The molecule has 1 aliphatic rings. The van der Waals surface area contributed by atoms with Crippen LogP contribution in [0, 0.1) is 0 Å². The first-order chi connectivity index (χ1) is 9.70. The fourth-order valence-electron chi connectivity index (χ4n) is 2.26. The summed E-state index contributed by atoms with van der Waals surface area (Å²) in [5.74, 6) is 6.82. The van der Waals surface area contributed by atoms with Crippen LogP contribution in [0.1, 0.15) is 36.8 Å². The van der Waals surface area contributed by atoms with Crippen LogP contribution in [0.25, 0.3) is 0 Å². The first-order valence-electron chi connectivity index (χ1n) is 6.99. The molecule has 1 aromatic carbocycles. The van der Waals surface area contributed by atoms with E-state index < -0.39 is 0 Å². The van der Waals surface area contributed by atoms with Crippen LogP contribution in [0.2, 0.25) is 0 Å². The zero-order valence-electron chi connectivity index (χ0n) is 11.8. The van der Waals surface area contributed by atoms with Gasteiger partial charge in [0.2, 0.25) is 5.91 Å². The van der Waals surface area contributed by atoms with Crippen LogP contribution in [0.4, 0.5) is 0 Å². The molecule has 20 heavy (non-hydrogen) atoms. The van der Waals surface area contributed by atoms with Crippen LogP contribution < -0.4 is 11.3 Å². The van der Waals surface area contributed by atoms with Crippen LogP contribution >= 0.6 is 11.8 Å². The van der Waals surface area contributed by atoms with E-state index in [1.54, 1.807) is 0 Å². The molecule has 0 saturated carbocycles. The van der Waals surface area contributed by atoms with Crippen LogP contribution in [0.3, 0.4) is 0 Å². The summed E-state index contributed by atoms with van der Waals surface area (Å²) >= 11 is 1.90. The summed E-state index contributed by atoms with van der Waals surface area (Å²) in [6.07, 6.45) is 2.83. The van der Waals surface area contributed by atoms with E-state index in [1.807, 2.05) is 30.8 Å². The third-order valence-electron chi connectivity index (χ3n) is 3.61. The third-order valence-corrected chi connectivity index (χ3v) is 4.76. The third kappa shape index (κ3) is 4.23. The lowest BCUT2D eigenvalue weighted by atomic mass is 9.99. The van der Waals surface area contributed by atoms with Crippen LogP contribution in [-0.2, 0) is 15.3 Å². The van der Waals surface area contributed by atoms with Crippen LogP contribution in [0.5, 0.6) is 0 Å². The maximum Gasteiger partial charge on any atom is 0.241 e. The Hall–Kier alpha value is -1.04. The normalized spacial score (nSPS) is 19.8. The topological polar surface area (TPSA) is 64.4 Å². The van der Waals surface area contributed by atoms with E-state index >= 15 is 0 Å². The molecule has 0 aliphatic carbocycles. The van der Waals surface area contributed by atoms with Gasteiger partial charge in [-0.25, -0.2) is 5.84 Å². The molecule has 0 spiro atoms. The molecule has 4 nitrogen and oxygen atoms in total. The van der Waals surface area contributed by atoms with Crippen LogP contribution in [0.15, 0.2) is 24.3 Å². The van der Waals surface area contributed by atoms with Gasteiger partial charge >= 0.3 is 0 Å². The maximum absolute atomic E-state index is 11.5. The Bertz CT molecular complexity index is 430. The van der Waals surface area contributed by atoms with Crippen molar-refractivity contribution in [3.05, 3.63) is 35.4 Å². The Morgan fingerprint density at radius 1 is 1.50 bits per heavy atom. The summed E-state index contributed by atoms with van der Waals surface area (Å²) in [5, 5.41) is 0. The molecule has 0 radical (unpaired) electrons. The molecular weight excluding hydrogens is 272 g/mol. The van der Waals surface area contributed by atoms with Crippen molar-refractivity contribution < 1.29 is 9.53 Å². The monoisotopic (exact) mass is 294 g/mol. The maximum atomic E-state index is 11.5. The summed E-state index contributed by atoms with van der Waals surface area (Å²) in [6.45, 7) is 2.77. The van der Waals surface area contributed by atoms with Gasteiger partial charge in [-0.2, -0.15) is 11.8 Å². The summed E-state index contributed by atoms with van der Waals surface area (Å²) in [4.78, 5) is 11.5. The molecule has 1 amide bonds. The highest BCUT2D eigenvalue weighted by Crippen LogP contribution is 2.22. The highest BCUT2D eigenvalue weighted by Gasteiger charge is 2.15. The molecule has 0 bridgehead atoms. The van der Waals surface area contributed by atoms with E-state index in [2.05, 4.69) is 17.6 Å². The van der Waals surface area contributed by atoms with Gasteiger partial charge in [-0.1, -0.05) is 24.3 Å². The molecule has 1 aromatic rings. The van der Waals surface area contributed by atoms with Gasteiger partial charge in [0.25, 0.3) is 0 Å². The number of carbonyl (C=O) groups excluding carboxylic acids is 1. The quantitative estimate of drug-likeness (QED) is 0.479. The lowest BCUT2D eigenvalue weighted by molar-refractivity contribution is -0.122. The van der Waals surface area contributed by atoms with Crippen molar-refractivity contribution in [1.82, 2.24) is 5.43 Å². The number of thioether (sulfide) groups is 1. The number of hydrogen-bond donors (Lipinski definition) is 2. The van der Waals surface area contributed by atoms with Crippen molar-refractivity contribution in [3.63, 3.8) is 0 Å². The molecule has 3 N–H and O–H groups in total. The van der Waals surface area contributed by atoms with Crippen molar-refractivity contribution in [2.75, 3.05) is 12.4 Å². The number of nitrogens with one attached hydrogen (secondary N) is 1. The smallest absolute Gasteiger partial charge is 0.241 e. The number of rotatable bonds is 6. The van der Waals surface area contributed by atoms with E-state index in [0.29, 0.717) is 6.10 Å². The van der Waals surface area contributed by atoms with Gasteiger partial charge in [-0.05, 0) is 30.9 Å². The SMILES string of the molecule is CC(C(=O)NN)c1ccc(CSCC2CCCO2)cc1. The fourth-order valence-corrected chi connectivity index (χ4v) is 3.33. The van der Waals surface area contributed by atoms with E-state index in [4.69, 9.17) is 10.6 Å². The molecule has 2 unspecified atom stereocenters. The molecular formula is C15H22N2O2S. The molecule has 2 rings (SSSR count). The second-order valence-corrected chi connectivity index (χ2v) is 6.15. The van der Waals surface area contributed by atoms with Gasteiger partial charge in [0.15, 0.2) is 0 Å². The average molecular weight is 294 g/mol. The number of amides is 1. The predicted molar refractivity (Wildman–Crippen MR) is 82.3 cm³/mol. The van der Waals surface area contributed by atoms with E-state index in [9.17, 15) is 4.79 Å². The van der Waals surface area contributed by atoms with Gasteiger partial charge in [0, 0.05) is 18.1 Å². The molecule has 1 fully saturated rings. The lowest BCUT2D eigenvalue weighted by Crippen LogP contribution is -2.33. The second-order valence-electron chi connectivity index (χ2n) is 5.12. The summed E-state index contributed by atoms with van der Waals surface area (Å²) < 4.78 is 5.60. The summed E-state index contributed by atoms with van der Waals surface area (Å²) in [5.41, 5.74) is 4.45. The first-order valence-corrected chi connectivity index (χ1v) is 8.15. The number of carbonyl (C=O) groups is 1. The van der Waals surface area contributed by atoms with Crippen LogP contribution in [-0.4, -0.2) is 24.4 Å². The number of hydrazine groups is 1. The molecule has 1 heterocycles. The molecule has 2 atom stereocenters. The van der Waals surface area contributed by atoms with Gasteiger partial charge in [-0.15, -0.1) is 0 Å². The van der Waals surface area contributed by atoms with Crippen molar-refractivity contribution in [2.45, 2.75) is 37.5 Å². The van der Waals surface area contributed by atoms with Crippen molar-refractivity contribution in [3.8, 4) is 0 Å². The summed E-state index contributed by atoms with van der Waals surface area (Å²) in [6, 6.07) is 8.17. The zero-order valence-corrected chi connectivity index (χ0v) is 12.6. The van der Waals surface area contributed by atoms with Gasteiger partial charge in [-0.3, -0.25) is 10.2 Å². The van der Waals surface area contributed by atoms with Crippen molar-refractivity contribution in [1.29, 1.82) is 0 Å².